The number of carboxylic acid groups (broad SMARTS) is 1. The van der Waals surface area contributed by atoms with Gasteiger partial charge in [-0.3, -0.25) is 4.79 Å². The number of aromatic hydroxyl groups is 2. The van der Waals surface area contributed by atoms with Gasteiger partial charge in [-0.05, 0) is 12.1 Å². The summed E-state index contributed by atoms with van der Waals surface area (Å²) in [6.45, 7) is 0. The highest BCUT2D eigenvalue weighted by atomic mass is 19.4. The molecular weight excluding hydrogens is 229 g/mol. The maximum absolute atomic E-state index is 12.3. The van der Waals surface area contributed by atoms with E-state index in [9.17, 15) is 23.1 Å². The van der Waals surface area contributed by atoms with Crippen molar-refractivity contribution in [3.63, 3.8) is 0 Å². The second-order valence-corrected chi connectivity index (χ2v) is 3.07. The number of carbonyl (C=O) groups is 1. The molecular formula is C9H7F3O4. The fourth-order valence-corrected chi connectivity index (χ4v) is 1.19. The summed E-state index contributed by atoms with van der Waals surface area (Å²) in [4.78, 5) is 10.3. The van der Waals surface area contributed by atoms with Crippen LogP contribution in [0.25, 0.3) is 0 Å². The molecule has 0 aliphatic rings. The van der Waals surface area contributed by atoms with Gasteiger partial charge in [-0.1, -0.05) is 0 Å². The maximum atomic E-state index is 12.3. The van der Waals surface area contributed by atoms with Crippen molar-refractivity contribution in [1.82, 2.24) is 0 Å². The van der Waals surface area contributed by atoms with Crippen molar-refractivity contribution in [2.24, 2.45) is 0 Å². The average molecular weight is 236 g/mol. The van der Waals surface area contributed by atoms with E-state index in [1.807, 2.05) is 0 Å². The molecule has 1 aromatic carbocycles. The van der Waals surface area contributed by atoms with Gasteiger partial charge in [0.2, 0.25) is 0 Å². The Kier molecular flexibility index (Phi) is 2.97. The summed E-state index contributed by atoms with van der Waals surface area (Å²) in [6.07, 6.45) is -5.65. The van der Waals surface area contributed by atoms with Crippen LogP contribution in [0, 0.1) is 0 Å². The van der Waals surface area contributed by atoms with Crippen molar-refractivity contribution in [3.8, 4) is 11.5 Å². The van der Waals surface area contributed by atoms with Gasteiger partial charge in [-0.15, -0.1) is 0 Å². The first kappa shape index (κ1) is 12.2. The fourth-order valence-electron chi connectivity index (χ4n) is 1.19. The summed E-state index contributed by atoms with van der Waals surface area (Å²) in [7, 11) is 0. The predicted molar refractivity (Wildman–Crippen MR) is 46.1 cm³/mol. The normalized spacial score (nSPS) is 11.4. The van der Waals surface area contributed by atoms with Gasteiger partial charge in [0.25, 0.3) is 0 Å². The second-order valence-electron chi connectivity index (χ2n) is 3.07. The van der Waals surface area contributed by atoms with E-state index in [0.717, 1.165) is 6.07 Å². The summed E-state index contributed by atoms with van der Waals surface area (Å²) >= 11 is 0. The smallest absolute Gasteiger partial charge is 0.420 e. The lowest BCUT2D eigenvalue weighted by molar-refractivity contribution is -0.140. The van der Waals surface area contributed by atoms with Crippen LogP contribution in [-0.2, 0) is 17.4 Å². The molecule has 3 N–H and O–H groups in total. The number of aliphatic carboxylic acids is 1. The molecule has 1 aromatic rings. The van der Waals surface area contributed by atoms with Gasteiger partial charge in [0.15, 0.2) is 0 Å². The highest BCUT2D eigenvalue weighted by Crippen LogP contribution is 2.39. The van der Waals surface area contributed by atoms with Gasteiger partial charge >= 0.3 is 12.1 Å². The lowest BCUT2D eigenvalue weighted by Gasteiger charge is -2.12. The van der Waals surface area contributed by atoms with Gasteiger partial charge < -0.3 is 15.3 Å². The largest absolute Gasteiger partial charge is 0.508 e. The van der Waals surface area contributed by atoms with E-state index < -0.39 is 41.2 Å². The highest BCUT2D eigenvalue weighted by Gasteiger charge is 2.35. The van der Waals surface area contributed by atoms with Crippen molar-refractivity contribution >= 4 is 5.97 Å². The Morgan fingerprint density at radius 2 is 1.81 bits per heavy atom. The molecule has 0 saturated carbocycles. The highest BCUT2D eigenvalue weighted by molar-refractivity contribution is 5.72. The van der Waals surface area contributed by atoms with Gasteiger partial charge in [-0.25, -0.2) is 0 Å². The minimum atomic E-state index is -4.85. The molecule has 0 radical (unpaired) electrons. The van der Waals surface area contributed by atoms with Crippen LogP contribution in [0.2, 0.25) is 0 Å². The van der Waals surface area contributed by atoms with Crippen LogP contribution in [-0.4, -0.2) is 21.3 Å². The molecule has 0 heterocycles. The average Bonchev–Trinajstić information content (AvgIpc) is 2.07. The quantitative estimate of drug-likeness (QED) is 0.683. The topological polar surface area (TPSA) is 77.8 Å². The van der Waals surface area contributed by atoms with E-state index in [-0.39, 0.29) is 0 Å². The molecule has 0 unspecified atom stereocenters. The van der Waals surface area contributed by atoms with Gasteiger partial charge in [0.05, 0.1) is 6.42 Å². The van der Waals surface area contributed by atoms with E-state index in [1.54, 1.807) is 0 Å². The number of alkyl halides is 3. The molecule has 7 heteroatoms. The first-order valence-electron chi connectivity index (χ1n) is 4.05. The number of hydrogen-bond donors (Lipinski definition) is 3. The van der Waals surface area contributed by atoms with E-state index in [0.29, 0.717) is 6.07 Å². The molecule has 0 atom stereocenters. The van der Waals surface area contributed by atoms with Crippen LogP contribution < -0.4 is 0 Å². The Bertz CT molecular complexity index is 425. The summed E-state index contributed by atoms with van der Waals surface area (Å²) in [6, 6.07) is 1.11. The van der Waals surface area contributed by atoms with Crippen LogP contribution in [0.3, 0.4) is 0 Å². The third-order valence-electron chi connectivity index (χ3n) is 1.82. The standard InChI is InChI=1S/C9H7F3O4/c10-9(11,12)6-3-5(13)1-4(8(6)16)2-7(14)15/h1,3,13,16H,2H2,(H,14,15). The van der Waals surface area contributed by atoms with Crippen LogP contribution in [0.1, 0.15) is 11.1 Å². The Morgan fingerprint density at radius 1 is 1.25 bits per heavy atom. The Labute approximate surface area is 87.6 Å². The van der Waals surface area contributed by atoms with E-state index >= 15 is 0 Å². The number of phenols is 2. The molecule has 1 rings (SSSR count). The monoisotopic (exact) mass is 236 g/mol. The third-order valence-corrected chi connectivity index (χ3v) is 1.82. The minimum absolute atomic E-state index is 0.334. The van der Waals surface area contributed by atoms with Crippen LogP contribution in [0.15, 0.2) is 12.1 Å². The van der Waals surface area contributed by atoms with Crippen molar-refractivity contribution in [3.05, 3.63) is 23.3 Å². The molecule has 0 aromatic heterocycles. The van der Waals surface area contributed by atoms with Crippen LogP contribution in [0.5, 0.6) is 11.5 Å². The van der Waals surface area contributed by atoms with E-state index in [2.05, 4.69) is 0 Å². The molecule has 88 valence electrons. The number of phenolic OH excluding ortho intramolecular Hbond substituents is 2. The number of carboxylic acids is 1. The Hall–Kier alpha value is -1.92. The summed E-state index contributed by atoms with van der Waals surface area (Å²) in [5.74, 6) is -3.33. The zero-order chi connectivity index (χ0) is 12.5. The lowest BCUT2D eigenvalue weighted by atomic mass is 10.0. The summed E-state index contributed by atoms with van der Waals surface area (Å²) in [5.41, 5.74) is -1.94. The zero-order valence-corrected chi connectivity index (χ0v) is 7.75. The number of rotatable bonds is 2. The van der Waals surface area contributed by atoms with Crippen molar-refractivity contribution in [2.45, 2.75) is 12.6 Å². The predicted octanol–water partition coefficient (Wildman–Crippen LogP) is 1.74. The van der Waals surface area contributed by atoms with Crippen molar-refractivity contribution in [2.75, 3.05) is 0 Å². The van der Waals surface area contributed by atoms with E-state index in [4.69, 9.17) is 10.2 Å². The molecule has 0 saturated heterocycles. The Morgan fingerprint density at radius 3 is 2.25 bits per heavy atom. The summed E-state index contributed by atoms with van der Waals surface area (Å²) < 4.78 is 37.0. The third kappa shape index (κ3) is 2.56. The van der Waals surface area contributed by atoms with Crippen molar-refractivity contribution in [1.29, 1.82) is 0 Å². The zero-order valence-electron chi connectivity index (χ0n) is 7.75. The fraction of sp³-hybridized carbons (Fsp3) is 0.222. The van der Waals surface area contributed by atoms with Crippen LogP contribution in [0.4, 0.5) is 13.2 Å². The molecule has 16 heavy (non-hydrogen) atoms. The van der Waals surface area contributed by atoms with Gasteiger partial charge in [-0.2, -0.15) is 13.2 Å². The number of benzene rings is 1. The second kappa shape index (κ2) is 3.92. The van der Waals surface area contributed by atoms with Crippen LogP contribution >= 0.6 is 0 Å². The molecule has 0 fully saturated rings. The SMILES string of the molecule is O=C(O)Cc1cc(O)cc(C(F)(F)F)c1O. The molecule has 0 aliphatic carbocycles. The van der Waals surface area contributed by atoms with E-state index in [1.165, 1.54) is 0 Å². The van der Waals surface area contributed by atoms with Gasteiger partial charge in [0.1, 0.15) is 17.1 Å². The van der Waals surface area contributed by atoms with Gasteiger partial charge in [0, 0.05) is 5.56 Å². The first-order valence-corrected chi connectivity index (χ1v) is 4.05. The first-order chi connectivity index (χ1) is 7.21. The minimum Gasteiger partial charge on any atom is -0.508 e. The lowest BCUT2D eigenvalue weighted by Crippen LogP contribution is -2.08. The molecule has 0 bridgehead atoms. The summed E-state index contributed by atoms with van der Waals surface area (Å²) in [5, 5.41) is 26.6. The van der Waals surface area contributed by atoms with Crippen molar-refractivity contribution < 1.29 is 33.3 Å². The molecule has 4 nitrogen and oxygen atoms in total. The molecule has 0 aliphatic heterocycles. The molecule has 0 spiro atoms. The maximum Gasteiger partial charge on any atom is 0.420 e. The molecule has 0 amide bonds. The Balaban J connectivity index is 3.32. The number of hydrogen-bond acceptors (Lipinski definition) is 3. The number of halogens is 3.